The van der Waals surface area contributed by atoms with Gasteiger partial charge in [-0.25, -0.2) is 0 Å². The van der Waals surface area contributed by atoms with Crippen molar-refractivity contribution in [2.45, 2.75) is 76.9 Å². The van der Waals surface area contributed by atoms with Gasteiger partial charge in [0.2, 0.25) is 5.91 Å². The molecule has 0 aliphatic heterocycles. The van der Waals surface area contributed by atoms with E-state index < -0.39 is 12.2 Å². The number of carbonyl (C=O) groups excluding carboxylic acids is 2. The van der Waals surface area contributed by atoms with Crippen molar-refractivity contribution in [3.8, 4) is 0 Å². The fourth-order valence-corrected chi connectivity index (χ4v) is 3.51. The van der Waals surface area contributed by atoms with E-state index in [2.05, 4.69) is 12.2 Å². The molecule has 0 radical (unpaired) electrons. The van der Waals surface area contributed by atoms with Crippen LogP contribution in [0.2, 0.25) is 0 Å². The molecule has 1 fully saturated rings. The third kappa shape index (κ3) is 9.62. The average Bonchev–Trinajstić information content (AvgIpc) is 2.94. The van der Waals surface area contributed by atoms with E-state index in [0.29, 0.717) is 25.7 Å². The Balaban J connectivity index is 2.40. The number of nitrogens with one attached hydrogen (secondary N) is 1. The molecular weight excluding hydrogens is 358 g/mol. The minimum absolute atomic E-state index is 0.0310. The Kier molecular flexibility index (Phi) is 12.7. The zero-order chi connectivity index (χ0) is 20.8. The second kappa shape index (κ2) is 14.5. The molecule has 4 atom stereocenters. The molecule has 1 aliphatic rings. The number of rotatable bonds is 14. The average molecular weight is 396 g/mol. The number of carbonyl (C=O) groups is 2. The van der Waals surface area contributed by atoms with Crippen LogP contribution >= 0.6 is 0 Å². The number of aliphatic hydroxyl groups is 3. The molecule has 0 heterocycles. The van der Waals surface area contributed by atoms with Gasteiger partial charge in [0.25, 0.3) is 0 Å². The molecule has 1 unspecified atom stereocenters. The van der Waals surface area contributed by atoms with Crippen molar-refractivity contribution in [1.29, 1.82) is 0 Å². The summed E-state index contributed by atoms with van der Waals surface area (Å²) in [4.78, 5) is 23.6. The van der Waals surface area contributed by atoms with Crippen LogP contribution in [-0.4, -0.2) is 52.4 Å². The molecule has 4 N–H and O–H groups in total. The van der Waals surface area contributed by atoms with E-state index in [1.807, 2.05) is 12.2 Å². The van der Waals surface area contributed by atoms with Crippen molar-refractivity contribution in [2.24, 2.45) is 11.8 Å². The Morgan fingerprint density at radius 2 is 2.07 bits per heavy atom. The van der Waals surface area contributed by atoms with Crippen molar-refractivity contribution in [3.05, 3.63) is 24.3 Å². The van der Waals surface area contributed by atoms with Crippen molar-refractivity contribution in [2.75, 3.05) is 13.2 Å². The molecule has 0 aromatic heterocycles. The zero-order valence-corrected chi connectivity index (χ0v) is 17.1. The van der Waals surface area contributed by atoms with Crippen LogP contribution in [0.3, 0.4) is 0 Å². The summed E-state index contributed by atoms with van der Waals surface area (Å²) < 4.78 is 0. The van der Waals surface area contributed by atoms with Crippen LogP contribution in [0.25, 0.3) is 0 Å². The summed E-state index contributed by atoms with van der Waals surface area (Å²) in [5.41, 5.74) is 0. The monoisotopic (exact) mass is 395 g/mol. The lowest BCUT2D eigenvalue weighted by Gasteiger charge is -2.17. The van der Waals surface area contributed by atoms with Crippen LogP contribution in [0.1, 0.15) is 64.7 Å². The van der Waals surface area contributed by atoms with E-state index in [4.69, 9.17) is 5.11 Å². The first-order valence-corrected chi connectivity index (χ1v) is 10.6. The third-order valence-corrected chi connectivity index (χ3v) is 5.17. The number of hydrogen-bond acceptors (Lipinski definition) is 5. The highest BCUT2D eigenvalue weighted by Crippen LogP contribution is 2.33. The Morgan fingerprint density at radius 3 is 2.79 bits per heavy atom. The Bertz CT molecular complexity index is 517. The van der Waals surface area contributed by atoms with Crippen LogP contribution in [0, 0.1) is 11.8 Å². The number of amides is 1. The molecule has 1 rings (SSSR count). The third-order valence-electron chi connectivity index (χ3n) is 5.17. The Morgan fingerprint density at radius 1 is 1.29 bits per heavy atom. The highest BCUT2D eigenvalue weighted by molar-refractivity contribution is 5.86. The van der Waals surface area contributed by atoms with Gasteiger partial charge in [-0.2, -0.15) is 0 Å². The van der Waals surface area contributed by atoms with Crippen LogP contribution in [-0.2, 0) is 9.59 Å². The van der Waals surface area contributed by atoms with Crippen molar-refractivity contribution < 1.29 is 24.9 Å². The van der Waals surface area contributed by atoms with Crippen LogP contribution in [0.5, 0.6) is 0 Å². The van der Waals surface area contributed by atoms with E-state index in [-0.39, 0.29) is 43.1 Å². The van der Waals surface area contributed by atoms with E-state index in [9.17, 15) is 19.8 Å². The smallest absolute Gasteiger partial charge is 0.220 e. The van der Waals surface area contributed by atoms with Crippen LogP contribution in [0.15, 0.2) is 24.3 Å². The summed E-state index contributed by atoms with van der Waals surface area (Å²) >= 11 is 0. The van der Waals surface area contributed by atoms with Crippen molar-refractivity contribution >= 4 is 11.7 Å². The molecule has 160 valence electrons. The Labute approximate surface area is 168 Å². The van der Waals surface area contributed by atoms with Crippen molar-refractivity contribution in [1.82, 2.24) is 5.32 Å². The second-order valence-corrected chi connectivity index (χ2v) is 7.55. The van der Waals surface area contributed by atoms with Gasteiger partial charge in [-0.05, 0) is 25.7 Å². The summed E-state index contributed by atoms with van der Waals surface area (Å²) in [6.07, 6.45) is 12.8. The van der Waals surface area contributed by atoms with Gasteiger partial charge in [0.05, 0.1) is 18.8 Å². The van der Waals surface area contributed by atoms with Crippen LogP contribution in [0.4, 0.5) is 0 Å². The number of unbranched alkanes of at least 4 members (excludes halogenated alkanes) is 3. The first kappa shape index (κ1) is 24.5. The normalized spacial score (nSPS) is 23.7. The zero-order valence-electron chi connectivity index (χ0n) is 17.1. The highest BCUT2D eigenvalue weighted by atomic mass is 16.3. The Hall–Kier alpha value is -1.50. The largest absolute Gasteiger partial charge is 0.395 e. The summed E-state index contributed by atoms with van der Waals surface area (Å²) in [7, 11) is 0. The molecule has 1 amide bonds. The molecular formula is C22H37NO5. The first-order valence-electron chi connectivity index (χ1n) is 10.6. The molecule has 0 bridgehead atoms. The number of ketones is 1. The molecule has 6 heteroatoms. The predicted molar refractivity (Wildman–Crippen MR) is 110 cm³/mol. The molecule has 1 aliphatic carbocycles. The summed E-state index contributed by atoms with van der Waals surface area (Å²) in [6, 6.07) is 0. The van der Waals surface area contributed by atoms with E-state index in [1.54, 1.807) is 12.2 Å². The van der Waals surface area contributed by atoms with Crippen molar-refractivity contribution in [3.63, 3.8) is 0 Å². The second-order valence-electron chi connectivity index (χ2n) is 7.55. The maximum atomic E-state index is 12.2. The minimum atomic E-state index is -0.645. The number of aliphatic hydroxyl groups excluding tert-OH is 3. The SMILES string of the molecule is CCCCC[C@H](O)/C=C/[C@H]1C(=O)C[C@H](O)C1C/C=C\CCCC(=O)NCCO. The molecule has 0 aromatic carbocycles. The molecule has 28 heavy (non-hydrogen) atoms. The molecule has 1 saturated carbocycles. The maximum absolute atomic E-state index is 12.2. The fraction of sp³-hybridized carbons (Fsp3) is 0.727. The fourth-order valence-electron chi connectivity index (χ4n) is 3.51. The van der Waals surface area contributed by atoms with E-state index in [1.165, 1.54) is 0 Å². The van der Waals surface area contributed by atoms with Gasteiger partial charge in [0.1, 0.15) is 5.78 Å². The first-order chi connectivity index (χ1) is 13.5. The maximum Gasteiger partial charge on any atom is 0.220 e. The molecule has 0 aromatic rings. The molecule has 0 spiro atoms. The van der Waals surface area contributed by atoms with Gasteiger partial charge >= 0.3 is 0 Å². The standard InChI is InChI=1S/C22H37NO5/c1-2-3-6-9-17(25)12-13-19-18(20(26)16-21(19)27)10-7-4-5-8-11-22(28)23-14-15-24/h4,7,12-13,17-20,24-26H,2-3,5-6,8-11,14-16H2,1H3,(H,23,28)/b7-4-,13-12+/t17-,18?,19+,20-/m0/s1. The van der Waals surface area contributed by atoms with E-state index in [0.717, 1.165) is 25.7 Å². The topological polar surface area (TPSA) is 107 Å². The lowest BCUT2D eigenvalue weighted by Crippen LogP contribution is -2.25. The summed E-state index contributed by atoms with van der Waals surface area (Å²) in [5.74, 6) is -0.536. The number of allylic oxidation sites excluding steroid dienone is 3. The predicted octanol–water partition coefficient (Wildman–Crippen LogP) is 2.28. The van der Waals surface area contributed by atoms with Gasteiger partial charge < -0.3 is 20.6 Å². The van der Waals surface area contributed by atoms with Crippen LogP contribution < -0.4 is 5.32 Å². The summed E-state index contributed by atoms with van der Waals surface area (Å²) in [6.45, 7) is 2.34. The van der Waals surface area contributed by atoms with Gasteiger partial charge in [0, 0.05) is 31.2 Å². The molecule has 6 nitrogen and oxygen atoms in total. The van der Waals surface area contributed by atoms with Gasteiger partial charge in [0.15, 0.2) is 0 Å². The van der Waals surface area contributed by atoms with Gasteiger partial charge in [-0.15, -0.1) is 0 Å². The number of Topliss-reactive ketones (excluding diaryl/α,β-unsaturated/α-hetero) is 1. The quantitative estimate of drug-likeness (QED) is 0.267. The van der Waals surface area contributed by atoms with Gasteiger partial charge in [-0.3, -0.25) is 9.59 Å². The minimum Gasteiger partial charge on any atom is -0.395 e. The lowest BCUT2D eigenvalue weighted by molar-refractivity contribution is -0.121. The number of hydrogen-bond donors (Lipinski definition) is 4. The van der Waals surface area contributed by atoms with Gasteiger partial charge in [-0.1, -0.05) is 50.5 Å². The molecule has 0 saturated heterocycles. The summed E-state index contributed by atoms with van der Waals surface area (Å²) in [5, 5.41) is 31.5. The highest BCUT2D eigenvalue weighted by Gasteiger charge is 2.39. The van der Waals surface area contributed by atoms with E-state index >= 15 is 0 Å². The lowest BCUT2D eigenvalue weighted by atomic mass is 9.90.